The Labute approximate surface area is 153 Å². The highest BCUT2D eigenvalue weighted by atomic mass is 35.5. The number of phenols is 1. The van der Waals surface area contributed by atoms with Crippen LogP contribution in [0.4, 0.5) is 0 Å². The van der Waals surface area contributed by atoms with Crippen LogP contribution < -0.4 is 0 Å². The first-order valence-electron chi connectivity index (χ1n) is 7.93. The van der Waals surface area contributed by atoms with Gasteiger partial charge in [-0.2, -0.15) is 0 Å². The van der Waals surface area contributed by atoms with Crippen LogP contribution in [0.5, 0.6) is 5.75 Å². The second kappa shape index (κ2) is 10.4. The monoisotopic (exact) mass is 365 g/mol. The molecule has 3 N–H and O–H groups in total. The number of hydrogen-bond acceptors (Lipinski definition) is 2. The average Bonchev–Trinajstić information content (AvgIpc) is 2.40. The van der Waals surface area contributed by atoms with E-state index >= 15 is 0 Å². The molecule has 1 aromatic rings. The zero-order chi connectivity index (χ0) is 14.8. The number of halogens is 2. The Morgan fingerprint density at radius 2 is 1.96 bits per heavy atom. The molecule has 0 aliphatic carbocycles. The van der Waals surface area contributed by atoms with Crippen molar-refractivity contribution in [3.05, 3.63) is 29.8 Å². The van der Waals surface area contributed by atoms with Gasteiger partial charge in [0.2, 0.25) is 0 Å². The summed E-state index contributed by atoms with van der Waals surface area (Å²) in [6, 6.07) is 7.84. The Morgan fingerprint density at radius 3 is 2.48 bits per heavy atom. The molecule has 1 aliphatic rings. The van der Waals surface area contributed by atoms with E-state index in [4.69, 9.17) is 0 Å². The van der Waals surface area contributed by atoms with Gasteiger partial charge in [0.05, 0.1) is 0 Å². The maximum Gasteiger partial charge on any atom is 0.115 e. The van der Waals surface area contributed by atoms with Crippen LogP contribution in [0, 0.1) is 11.8 Å². The summed E-state index contributed by atoms with van der Waals surface area (Å²) in [5, 5.41) is 9.73. The fourth-order valence-electron chi connectivity index (χ4n) is 3.25. The van der Waals surface area contributed by atoms with Crippen LogP contribution in [0.3, 0.4) is 0 Å². The highest BCUT2D eigenvalue weighted by Crippen LogP contribution is 2.40. The van der Waals surface area contributed by atoms with Crippen molar-refractivity contribution in [1.29, 1.82) is 0 Å². The summed E-state index contributed by atoms with van der Waals surface area (Å²) in [5.74, 6) is 1.79. The number of piperidine rings is 1. The molecule has 0 amide bonds. The highest BCUT2D eigenvalue weighted by Gasteiger charge is 2.37. The number of likely N-dealkylation sites (tertiary alicyclic amines) is 1. The quantitative estimate of drug-likeness (QED) is 0.874. The molecule has 1 aromatic carbocycles. The van der Waals surface area contributed by atoms with Gasteiger partial charge in [0.1, 0.15) is 5.75 Å². The fourth-order valence-corrected chi connectivity index (χ4v) is 3.25. The Hall–Kier alpha value is -0.480. The molecule has 0 radical (unpaired) electrons. The van der Waals surface area contributed by atoms with Crippen molar-refractivity contribution in [2.75, 3.05) is 19.6 Å². The lowest BCUT2D eigenvalue weighted by Gasteiger charge is -2.45. The van der Waals surface area contributed by atoms with Gasteiger partial charge in [-0.05, 0) is 60.9 Å². The normalized spacial score (nSPS) is 24.3. The van der Waals surface area contributed by atoms with Crippen LogP contribution in [0.15, 0.2) is 24.3 Å². The fraction of sp³-hybridized carbons (Fsp3) is 0.667. The van der Waals surface area contributed by atoms with Gasteiger partial charge in [-0.25, -0.2) is 0 Å². The Kier molecular flexibility index (Phi) is 11.2. The predicted molar refractivity (Wildman–Crippen MR) is 103 cm³/mol. The minimum absolute atomic E-state index is 0. The average molecular weight is 366 g/mol. The number of rotatable bonds is 4. The molecule has 1 saturated heterocycles. The van der Waals surface area contributed by atoms with Gasteiger partial charge in [0.25, 0.3) is 0 Å². The molecule has 0 spiro atoms. The first-order chi connectivity index (χ1) is 9.41. The van der Waals surface area contributed by atoms with E-state index < -0.39 is 0 Å². The maximum atomic E-state index is 9.73. The smallest absolute Gasteiger partial charge is 0.115 e. The lowest BCUT2D eigenvalue weighted by molar-refractivity contribution is 0.107. The molecule has 3 nitrogen and oxygen atoms in total. The van der Waals surface area contributed by atoms with E-state index in [1.54, 1.807) is 6.07 Å². The molecule has 2 atom stereocenters. The molecule has 1 heterocycles. The maximum absolute atomic E-state index is 9.73. The van der Waals surface area contributed by atoms with Crippen LogP contribution in [0.2, 0.25) is 0 Å². The van der Waals surface area contributed by atoms with Crippen LogP contribution in [0.1, 0.15) is 46.1 Å². The molecule has 23 heavy (non-hydrogen) atoms. The number of hydrogen-bond donors (Lipinski definition) is 1. The lowest BCUT2D eigenvalue weighted by atomic mass is 9.68. The van der Waals surface area contributed by atoms with Crippen molar-refractivity contribution in [3.8, 4) is 5.75 Å². The van der Waals surface area contributed by atoms with Gasteiger partial charge in [-0.1, -0.05) is 39.8 Å². The number of benzene rings is 1. The number of phenolic OH excluding ortho intramolecular Hbond substituents is 1. The van der Waals surface area contributed by atoms with Gasteiger partial charge < -0.3 is 15.5 Å². The first kappa shape index (κ1) is 24.8. The third-order valence-electron chi connectivity index (χ3n) is 5.10. The van der Waals surface area contributed by atoms with Crippen LogP contribution in [-0.2, 0) is 5.41 Å². The van der Waals surface area contributed by atoms with E-state index in [0.29, 0.717) is 11.7 Å². The Bertz CT molecular complexity index is 456. The molecule has 0 aromatic heterocycles. The van der Waals surface area contributed by atoms with Crippen LogP contribution >= 0.6 is 24.8 Å². The predicted octanol–water partition coefficient (Wildman–Crippen LogP) is 4.06. The van der Waals surface area contributed by atoms with E-state index in [-0.39, 0.29) is 35.7 Å². The van der Waals surface area contributed by atoms with E-state index in [9.17, 15) is 5.11 Å². The van der Waals surface area contributed by atoms with Crippen molar-refractivity contribution >= 4 is 24.8 Å². The van der Waals surface area contributed by atoms with Crippen molar-refractivity contribution in [2.45, 2.75) is 46.0 Å². The summed E-state index contributed by atoms with van der Waals surface area (Å²) in [6.07, 6.45) is 2.46. The summed E-state index contributed by atoms with van der Waals surface area (Å²) in [4.78, 5) is 2.61. The third-order valence-corrected chi connectivity index (χ3v) is 5.10. The molecule has 0 unspecified atom stereocenters. The van der Waals surface area contributed by atoms with Crippen molar-refractivity contribution in [3.63, 3.8) is 0 Å². The molecule has 0 saturated carbocycles. The van der Waals surface area contributed by atoms with Crippen molar-refractivity contribution < 1.29 is 10.6 Å². The largest absolute Gasteiger partial charge is 0.508 e. The first-order valence-corrected chi connectivity index (χ1v) is 7.93. The standard InChI is InChI=1S/C18H29NO.2ClH.H2O/c1-14(2)8-10-19-11-9-18(4,15(3)13-19)16-6-5-7-17(20)12-16;;;/h5-7,12,14-15,20H,8-11,13H2,1-4H3;2*1H;1H2/t15-,18+;;;/m0.../s1. The van der Waals surface area contributed by atoms with Gasteiger partial charge in [0, 0.05) is 6.54 Å². The van der Waals surface area contributed by atoms with Gasteiger partial charge in [-0.3, -0.25) is 0 Å². The second-order valence-corrected chi connectivity index (χ2v) is 7.10. The minimum Gasteiger partial charge on any atom is -0.508 e. The van der Waals surface area contributed by atoms with Crippen LogP contribution in [-0.4, -0.2) is 35.1 Å². The van der Waals surface area contributed by atoms with Crippen molar-refractivity contribution in [1.82, 2.24) is 4.90 Å². The van der Waals surface area contributed by atoms with E-state index in [2.05, 4.69) is 38.7 Å². The number of aromatic hydroxyl groups is 1. The van der Waals surface area contributed by atoms with E-state index in [1.807, 2.05) is 12.1 Å². The Morgan fingerprint density at radius 1 is 1.30 bits per heavy atom. The summed E-state index contributed by atoms with van der Waals surface area (Å²) in [5.41, 5.74) is 1.47. The SMILES string of the molecule is CC(C)CCN1CC[C@@](C)(c2cccc(O)c2)[C@@H](C)C1.Cl.Cl.O. The summed E-state index contributed by atoms with van der Waals surface area (Å²) >= 11 is 0. The molecule has 1 aliphatic heterocycles. The van der Waals surface area contributed by atoms with Gasteiger partial charge in [0.15, 0.2) is 0 Å². The van der Waals surface area contributed by atoms with Gasteiger partial charge >= 0.3 is 0 Å². The van der Waals surface area contributed by atoms with Crippen molar-refractivity contribution in [2.24, 2.45) is 11.8 Å². The minimum atomic E-state index is 0. The Balaban J connectivity index is 0. The number of nitrogens with zero attached hydrogens (tertiary/aromatic N) is 1. The van der Waals surface area contributed by atoms with E-state index in [0.717, 1.165) is 5.92 Å². The topological polar surface area (TPSA) is 55.0 Å². The molecule has 1 fully saturated rings. The molecule has 2 rings (SSSR count). The third kappa shape index (κ3) is 6.15. The summed E-state index contributed by atoms with van der Waals surface area (Å²) < 4.78 is 0. The van der Waals surface area contributed by atoms with Gasteiger partial charge in [-0.15, -0.1) is 24.8 Å². The molecular weight excluding hydrogens is 333 g/mol. The molecule has 136 valence electrons. The summed E-state index contributed by atoms with van der Waals surface area (Å²) in [7, 11) is 0. The zero-order valence-corrected chi connectivity index (χ0v) is 16.3. The zero-order valence-electron chi connectivity index (χ0n) is 14.7. The highest BCUT2D eigenvalue weighted by molar-refractivity contribution is 5.85. The van der Waals surface area contributed by atoms with E-state index in [1.165, 1.54) is 38.0 Å². The second-order valence-electron chi connectivity index (χ2n) is 7.10. The lowest BCUT2D eigenvalue weighted by Crippen LogP contribution is -2.47. The van der Waals surface area contributed by atoms with Crippen LogP contribution in [0.25, 0.3) is 0 Å². The molecule has 5 heteroatoms. The summed E-state index contributed by atoms with van der Waals surface area (Å²) in [6.45, 7) is 12.9. The molecule has 0 bridgehead atoms. The molecular formula is C18H33Cl2NO2.